The van der Waals surface area contributed by atoms with Gasteiger partial charge in [0.05, 0.1) is 23.8 Å². The smallest absolute Gasteiger partial charge is 0.128 e. The molecule has 0 saturated heterocycles. The molecular weight excluding hydrogens is 259 g/mol. The lowest BCUT2D eigenvalue weighted by Gasteiger charge is -2.15. The Morgan fingerprint density at radius 3 is 2.80 bits per heavy atom. The number of nitriles is 1. The molecule has 1 rings (SSSR count). The summed E-state index contributed by atoms with van der Waals surface area (Å²) in [6.07, 6.45) is 1.43. The van der Waals surface area contributed by atoms with E-state index >= 15 is 0 Å². The maximum atomic E-state index is 13.2. The minimum Gasteiger partial charge on any atom is -0.493 e. The highest BCUT2D eigenvalue weighted by Crippen LogP contribution is 2.23. The molecule has 20 heavy (non-hydrogen) atoms. The first-order valence-corrected chi connectivity index (χ1v) is 6.42. The number of ether oxygens (including phenoxy) is 1. The van der Waals surface area contributed by atoms with Crippen molar-refractivity contribution in [3.63, 3.8) is 0 Å². The second-order valence-electron chi connectivity index (χ2n) is 5.27. The van der Waals surface area contributed by atoms with Crippen LogP contribution in [0.2, 0.25) is 0 Å². The topological polar surface area (TPSA) is 65.6 Å². The van der Waals surface area contributed by atoms with Gasteiger partial charge in [-0.05, 0) is 51.8 Å². The van der Waals surface area contributed by atoms with E-state index in [1.54, 1.807) is 6.92 Å². The van der Waals surface area contributed by atoms with Crippen LogP contribution in [0.25, 0.3) is 0 Å². The summed E-state index contributed by atoms with van der Waals surface area (Å²) in [6.45, 7) is 5.74. The Kier molecular flexibility index (Phi) is 5.51. The highest BCUT2D eigenvalue weighted by molar-refractivity contribution is 6.00. The first-order chi connectivity index (χ1) is 9.39. The number of benzene rings is 1. The minimum absolute atomic E-state index is 0.289. The average Bonchev–Trinajstić information content (AvgIpc) is 2.44. The fourth-order valence-electron chi connectivity index (χ4n) is 1.72. The minimum atomic E-state index is -0.416. The molecule has 0 unspecified atom stereocenters. The summed E-state index contributed by atoms with van der Waals surface area (Å²) in [7, 11) is 0. The Bertz CT molecular complexity index is 533. The Morgan fingerprint density at radius 1 is 1.50 bits per heavy atom. The third kappa shape index (κ3) is 4.54. The SMILES string of the molecule is C/C(=N/O)c1cc(F)ccc1OCCCC(C)(C)C#N. The van der Waals surface area contributed by atoms with E-state index in [-0.39, 0.29) is 11.1 Å². The Balaban J connectivity index is 2.67. The second-order valence-corrected chi connectivity index (χ2v) is 5.27. The van der Waals surface area contributed by atoms with Gasteiger partial charge in [0.15, 0.2) is 0 Å². The van der Waals surface area contributed by atoms with Gasteiger partial charge in [-0.2, -0.15) is 5.26 Å². The molecule has 0 amide bonds. The van der Waals surface area contributed by atoms with Crippen molar-refractivity contribution >= 4 is 5.71 Å². The Labute approximate surface area is 118 Å². The zero-order valence-corrected chi connectivity index (χ0v) is 12.0. The summed E-state index contributed by atoms with van der Waals surface area (Å²) in [5, 5.41) is 20.8. The van der Waals surface area contributed by atoms with Gasteiger partial charge in [0.1, 0.15) is 11.6 Å². The van der Waals surface area contributed by atoms with E-state index in [0.29, 0.717) is 30.8 Å². The lowest BCUT2D eigenvalue weighted by atomic mass is 9.90. The van der Waals surface area contributed by atoms with Crippen molar-refractivity contribution in [3.05, 3.63) is 29.6 Å². The molecule has 1 aromatic carbocycles. The van der Waals surface area contributed by atoms with Crippen molar-refractivity contribution in [2.45, 2.75) is 33.6 Å². The van der Waals surface area contributed by atoms with Crippen molar-refractivity contribution in [2.24, 2.45) is 10.6 Å². The summed E-state index contributed by atoms with van der Waals surface area (Å²) in [6, 6.07) is 6.30. The number of nitrogens with zero attached hydrogens (tertiary/aromatic N) is 2. The zero-order chi connectivity index (χ0) is 15.2. The maximum absolute atomic E-state index is 13.2. The molecule has 0 radical (unpaired) electrons. The lowest BCUT2D eigenvalue weighted by Crippen LogP contribution is -2.11. The van der Waals surface area contributed by atoms with E-state index in [0.717, 1.165) is 0 Å². The molecule has 4 nitrogen and oxygen atoms in total. The van der Waals surface area contributed by atoms with Gasteiger partial charge in [0.25, 0.3) is 0 Å². The Hall–Kier alpha value is -2.09. The normalized spacial score (nSPS) is 12.1. The molecule has 0 aliphatic heterocycles. The van der Waals surface area contributed by atoms with Crippen LogP contribution in [0.15, 0.2) is 23.4 Å². The van der Waals surface area contributed by atoms with Crippen LogP contribution in [0.3, 0.4) is 0 Å². The first kappa shape index (κ1) is 16.0. The molecule has 0 spiro atoms. The molecular formula is C15H19FN2O2. The fraction of sp³-hybridized carbons (Fsp3) is 0.467. The molecule has 0 bridgehead atoms. The quantitative estimate of drug-likeness (QED) is 0.373. The second kappa shape index (κ2) is 6.90. The highest BCUT2D eigenvalue weighted by atomic mass is 19.1. The third-order valence-corrected chi connectivity index (χ3v) is 2.99. The number of hydrogen-bond acceptors (Lipinski definition) is 4. The monoisotopic (exact) mass is 278 g/mol. The lowest BCUT2D eigenvalue weighted by molar-refractivity contribution is 0.283. The predicted molar refractivity (Wildman–Crippen MR) is 74.5 cm³/mol. The summed E-state index contributed by atoms with van der Waals surface area (Å²) >= 11 is 0. The maximum Gasteiger partial charge on any atom is 0.128 e. The van der Waals surface area contributed by atoms with Crippen LogP contribution < -0.4 is 4.74 Å². The van der Waals surface area contributed by atoms with Crippen molar-refractivity contribution in [1.82, 2.24) is 0 Å². The zero-order valence-electron chi connectivity index (χ0n) is 12.0. The largest absolute Gasteiger partial charge is 0.493 e. The van der Waals surface area contributed by atoms with Gasteiger partial charge in [-0.15, -0.1) is 0 Å². The van der Waals surface area contributed by atoms with Crippen LogP contribution in [-0.2, 0) is 0 Å². The first-order valence-electron chi connectivity index (χ1n) is 6.42. The summed E-state index contributed by atoms with van der Waals surface area (Å²) < 4.78 is 18.8. The van der Waals surface area contributed by atoms with Crippen LogP contribution >= 0.6 is 0 Å². The van der Waals surface area contributed by atoms with Crippen LogP contribution in [0.4, 0.5) is 4.39 Å². The van der Waals surface area contributed by atoms with E-state index in [4.69, 9.17) is 15.2 Å². The molecule has 108 valence electrons. The average molecular weight is 278 g/mol. The molecule has 0 atom stereocenters. The van der Waals surface area contributed by atoms with Gasteiger partial charge in [0.2, 0.25) is 0 Å². The van der Waals surface area contributed by atoms with E-state index in [2.05, 4.69) is 11.2 Å². The predicted octanol–water partition coefficient (Wildman–Crippen LogP) is 3.73. The molecule has 0 aliphatic rings. The van der Waals surface area contributed by atoms with Gasteiger partial charge in [-0.25, -0.2) is 4.39 Å². The molecule has 0 fully saturated rings. The summed E-state index contributed by atoms with van der Waals surface area (Å²) in [5.74, 6) is 0.0532. The molecule has 0 aromatic heterocycles. The molecule has 0 saturated carbocycles. The standard InChI is InChI=1S/C15H19FN2O2/c1-11(18-19)13-9-12(16)5-6-14(13)20-8-4-7-15(2,3)10-17/h5-6,9,19H,4,7-8H2,1-3H3/b18-11-. The molecule has 0 aliphatic carbocycles. The molecule has 1 aromatic rings. The fourth-order valence-corrected chi connectivity index (χ4v) is 1.72. The van der Waals surface area contributed by atoms with E-state index in [1.165, 1.54) is 18.2 Å². The van der Waals surface area contributed by atoms with Gasteiger partial charge >= 0.3 is 0 Å². The van der Waals surface area contributed by atoms with Gasteiger partial charge in [0, 0.05) is 5.56 Å². The molecule has 0 heterocycles. The Morgan fingerprint density at radius 2 is 2.20 bits per heavy atom. The summed E-state index contributed by atoms with van der Waals surface area (Å²) in [4.78, 5) is 0. The van der Waals surface area contributed by atoms with E-state index < -0.39 is 5.82 Å². The van der Waals surface area contributed by atoms with E-state index in [9.17, 15) is 4.39 Å². The number of oxime groups is 1. The van der Waals surface area contributed by atoms with Crippen LogP contribution in [0.1, 0.15) is 39.2 Å². The molecule has 1 N–H and O–H groups in total. The van der Waals surface area contributed by atoms with Crippen LogP contribution in [0.5, 0.6) is 5.75 Å². The number of hydrogen-bond donors (Lipinski definition) is 1. The van der Waals surface area contributed by atoms with Crippen LogP contribution in [0, 0.1) is 22.6 Å². The van der Waals surface area contributed by atoms with Gasteiger partial charge in [-0.3, -0.25) is 0 Å². The van der Waals surface area contributed by atoms with Crippen molar-refractivity contribution in [2.75, 3.05) is 6.61 Å². The highest BCUT2D eigenvalue weighted by Gasteiger charge is 2.16. The third-order valence-electron chi connectivity index (χ3n) is 2.99. The number of rotatable bonds is 6. The van der Waals surface area contributed by atoms with Gasteiger partial charge in [-0.1, -0.05) is 5.16 Å². The molecule has 5 heteroatoms. The van der Waals surface area contributed by atoms with E-state index in [1.807, 2.05) is 13.8 Å². The van der Waals surface area contributed by atoms with Crippen LogP contribution in [-0.4, -0.2) is 17.5 Å². The summed E-state index contributed by atoms with van der Waals surface area (Å²) in [5.41, 5.74) is 0.334. The van der Waals surface area contributed by atoms with Crippen molar-refractivity contribution < 1.29 is 14.3 Å². The van der Waals surface area contributed by atoms with Gasteiger partial charge < -0.3 is 9.94 Å². The number of halogens is 1. The van der Waals surface area contributed by atoms with Crippen molar-refractivity contribution in [1.29, 1.82) is 5.26 Å². The van der Waals surface area contributed by atoms with Crippen molar-refractivity contribution in [3.8, 4) is 11.8 Å².